The van der Waals surface area contributed by atoms with Crippen molar-refractivity contribution < 1.29 is 4.79 Å². The van der Waals surface area contributed by atoms with Crippen molar-refractivity contribution in [2.45, 2.75) is 37.4 Å². The van der Waals surface area contributed by atoms with E-state index in [1.807, 2.05) is 36.4 Å². The molecule has 1 aliphatic carbocycles. The lowest BCUT2D eigenvalue weighted by Gasteiger charge is -2.12. The Hall–Kier alpha value is -2.86. The molecule has 5 nitrogen and oxygen atoms in total. The zero-order valence-corrected chi connectivity index (χ0v) is 17.0. The number of ketones is 1. The van der Waals surface area contributed by atoms with Gasteiger partial charge in [-0.05, 0) is 37.0 Å². The van der Waals surface area contributed by atoms with Gasteiger partial charge < -0.3 is 4.98 Å². The van der Waals surface area contributed by atoms with Crippen molar-refractivity contribution in [3.63, 3.8) is 0 Å². The van der Waals surface area contributed by atoms with Gasteiger partial charge in [0.15, 0.2) is 10.9 Å². The lowest BCUT2D eigenvalue weighted by molar-refractivity contribution is 0.102. The van der Waals surface area contributed by atoms with E-state index in [2.05, 4.69) is 18.0 Å². The summed E-state index contributed by atoms with van der Waals surface area (Å²) in [6.45, 7) is 2.11. The third kappa shape index (κ3) is 3.17. The molecule has 0 atom stereocenters. The number of aromatic nitrogens is 3. The van der Waals surface area contributed by atoms with Crippen LogP contribution in [0.2, 0.25) is 0 Å². The summed E-state index contributed by atoms with van der Waals surface area (Å²) < 4.78 is 1.78. The van der Waals surface area contributed by atoms with Crippen LogP contribution in [0.5, 0.6) is 0 Å². The number of para-hydroxylation sites is 2. The Balaban J connectivity index is 1.47. The van der Waals surface area contributed by atoms with Crippen LogP contribution in [0.3, 0.4) is 0 Å². The molecule has 1 N–H and O–H groups in total. The van der Waals surface area contributed by atoms with Gasteiger partial charge in [0.1, 0.15) is 0 Å². The van der Waals surface area contributed by atoms with Crippen molar-refractivity contribution >= 4 is 39.4 Å². The van der Waals surface area contributed by atoms with Crippen LogP contribution in [0.4, 0.5) is 0 Å². The Morgan fingerprint density at radius 1 is 1.17 bits per heavy atom. The van der Waals surface area contributed by atoms with Crippen LogP contribution < -0.4 is 5.56 Å². The molecule has 0 radical (unpaired) electrons. The number of hydrogen-bond acceptors (Lipinski definition) is 4. The molecule has 1 fully saturated rings. The molecule has 2 aromatic heterocycles. The molecule has 146 valence electrons. The van der Waals surface area contributed by atoms with Gasteiger partial charge in [0.2, 0.25) is 0 Å². The smallest absolute Gasteiger partial charge is 0.262 e. The maximum Gasteiger partial charge on any atom is 0.262 e. The second-order valence-corrected chi connectivity index (χ2v) is 8.37. The summed E-state index contributed by atoms with van der Waals surface area (Å²) in [5.74, 6) is 0.292. The number of fused-ring (bicyclic) bond motifs is 2. The lowest BCUT2D eigenvalue weighted by atomic mass is 10.1. The molecule has 2 heterocycles. The van der Waals surface area contributed by atoms with E-state index in [0.29, 0.717) is 21.6 Å². The Kier molecular flexibility index (Phi) is 4.51. The van der Waals surface area contributed by atoms with Gasteiger partial charge in [-0.25, -0.2) is 4.98 Å². The van der Waals surface area contributed by atoms with Crippen molar-refractivity contribution in [3.8, 4) is 0 Å². The van der Waals surface area contributed by atoms with Gasteiger partial charge in [0.05, 0.1) is 16.7 Å². The number of thioether (sulfide) groups is 1. The van der Waals surface area contributed by atoms with E-state index >= 15 is 0 Å². The molecular formula is C23H21N3O2S. The summed E-state index contributed by atoms with van der Waals surface area (Å²) in [4.78, 5) is 33.9. The number of hydrogen-bond donors (Lipinski definition) is 1. The van der Waals surface area contributed by atoms with Gasteiger partial charge in [-0.15, -0.1) is 0 Å². The van der Waals surface area contributed by atoms with Crippen LogP contribution in [0, 0.1) is 0 Å². The predicted octanol–water partition coefficient (Wildman–Crippen LogP) is 4.75. The minimum absolute atomic E-state index is 0.00673. The quantitative estimate of drug-likeness (QED) is 0.287. The van der Waals surface area contributed by atoms with Crippen LogP contribution in [0.15, 0.2) is 58.6 Å². The highest BCUT2D eigenvalue weighted by Crippen LogP contribution is 2.37. The van der Waals surface area contributed by atoms with E-state index in [4.69, 9.17) is 4.98 Å². The standard InChI is InChI=1S/C23H21N3O2S/c1-2-14-6-5-8-16-18(12-24-21(14)16)20(27)13-29-23-25-19-9-4-3-7-17(19)22(28)26(23)15-10-11-15/h3-9,12,15,24H,2,10-11,13H2,1H3. The number of nitrogens with zero attached hydrogens (tertiary/aromatic N) is 2. The Labute approximate surface area is 172 Å². The average Bonchev–Trinajstić information content (AvgIpc) is 3.48. The minimum atomic E-state index is -0.00673. The first-order chi connectivity index (χ1) is 14.2. The molecule has 0 spiro atoms. The van der Waals surface area contributed by atoms with Gasteiger partial charge in [-0.2, -0.15) is 0 Å². The van der Waals surface area contributed by atoms with Crippen LogP contribution in [-0.4, -0.2) is 26.1 Å². The zero-order chi connectivity index (χ0) is 20.0. The van der Waals surface area contributed by atoms with Crippen molar-refractivity contribution in [2.75, 3.05) is 5.75 Å². The highest BCUT2D eigenvalue weighted by Gasteiger charge is 2.29. The number of benzene rings is 2. The van der Waals surface area contributed by atoms with E-state index in [1.165, 1.54) is 17.3 Å². The highest BCUT2D eigenvalue weighted by molar-refractivity contribution is 7.99. The second kappa shape index (κ2) is 7.19. The summed E-state index contributed by atoms with van der Waals surface area (Å²) >= 11 is 1.36. The first kappa shape index (κ1) is 18.2. The van der Waals surface area contributed by atoms with Crippen molar-refractivity contribution in [3.05, 3.63) is 70.1 Å². The molecule has 4 aromatic rings. The molecule has 29 heavy (non-hydrogen) atoms. The number of nitrogens with one attached hydrogen (secondary N) is 1. The first-order valence-electron chi connectivity index (χ1n) is 9.93. The van der Waals surface area contributed by atoms with Crippen LogP contribution in [-0.2, 0) is 6.42 Å². The fourth-order valence-electron chi connectivity index (χ4n) is 3.83. The number of rotatable bonds is 6. The average molecular weight is 404 g/mol. The molecule has 0 saturated heterocycles. The topological polar surface area (TPSA) is 67.8 Å². The first-order valence-corrected chi connectivity index (χ1v) is 10.9. The summed E-state index contributed by atoms with van der Waals surface area (Å²) in [5.41, 5.74) is 3.61. The van der Waals surface area contributed by atoms with E-state index in [0.717, 1.165) is 30.2 Å². The molecule has 0 bridgehead atoms. The summed E-state index contributed by atoms with van der Waals surface area (Å²) in [6.07, 6.45) is 4.69. The monoisotopic (exact) mass is 403 g/mol. The van der Waals surface area contributed by atoms with Gasteiger partial charge >= 0.3 is 0 Å². The molecule has 1 aliphatic rings. The molecule has 2 aromatic carbocycles. The number of aromatic amines is 1. The number of aryl methyl sites for hydroxylation is 1. The molecule has 1 saturated carbocycles. The van der Waals surface area contributed by atoms with E-state index in [-0.39, 0.29) is 23.1 Å². The summed E-state index contributed by atoms with van der Waals surface area (Å²) in [6, 6.07) is 13.7. The maximum atomic E-state index is 13.0. The Morgan fingerprint density at radius 3 is 2.76 bits per heavy atom. The van der Waals surface area contributed by atoms with Gasteiger partial charge in [-0.3, -0.25) is 14.2 Å². The molecule has 0 unspecified atom stereocenters. The number of carbonyl (C=O) groups excluding carboxylic acids is 1. The largest absolute Gasteiger partial charge is 0.360 e. The molecule has 6 heteroatoms. The zero-order valence-electron chi connectivity index (χ0n) is 16.1. The van der Waals surface area contributed by atoms with E-state index < -0.39 is 0 Å². The van der Waals surface area contributed by atoms with Crippen molar-refractivity contribution in [2.24, 2.45) is 0 Å². The molecular weight excluding hydrogens is 382 g/mol. The number of carbonyl (C=O) groups is 1. The molecule has 5 rings (SSSR count). The maximum absolute atomic E-state index is 13.0. The highest BCUT2D eigenvalue weighted by atomic mass is 32.2. The second-order valence-electron chi connectivity index (χ2n) is 7.43. The minimum Gasteiger partial charge on any atom is -0.360 e. The van der Waals surface area contributed by atoms with Crippen molar-refractivity contribution in [1.29, 1.82) is 0 Å². The van der Waals surface area contributed by atoms with Gasteiger partial charge in [0, 0.05) is 28.7 Å². The third-order valence-corrected chi connectivity index (χ3v) is 6.46. The fourth-order valence-corrected chi connectivity index (χ4v) is 4.78. The molecule has 0 amide bonds. The SMILES string of the molecule is CCc1cccc2c(C(=O)CSc3nc4ccccc4c(=O)n3C3CC3)c[nH]c12. The predicted molar refractivity (Wildman–Crippen MR) is 117 cm³/mol. The van der Waals surface area contributed by atoms with Gasteiger partial charge in [0.25, 0.3) is 5.56 Å². The normalized spacial score (nSPS) is 14.0. The van der Waals surface area contributed by atoms with Crippen molar-refractivity contribution in [1.82, 2.24) is 14.5 Å². The van der Waals surface area contributed by atoms with Gasteiger partial charge in [-0.1, -0.05) is 49.0 Å². The summed E-state index contributed by atoms with van der Waals surface area (Å²) in [7, 11) is 0. The fraction of sp³-hybridized carbons (Fsp3) is 0.261. The number of H-pyrrole nitrogens is 1. The Morgan fingerprint density at radius 2 is 1.97 bits per heavy atom. The number of Topliss-reactive ketones (excluding diaryl/α,β-unsaturated/α-hetero) is 1. The van der Waals surface area contributed by atoms with Crippen LogP contribution >= 0.6 is 11.8 Å². The van der Waals surface area contributed by atoms with E-state index in [1.54, 1.807) is 10.8 Å². The Bertz CT molecular complexity index is 1300. The molecule has 0 aliphatic heterocycles. The van der Waals surface area contributed by atoms with E-state index in [9.17, 15) is 9.59 Å². The lowest BCUT2D eigenvalue weighted by Crippen LogP contribution is -2.22. The van der Waals surface area contributed by atoms with Crippen LogP contribution in [0.1, 0.15) is 41.7 Å². The summed E-state index contributed by atoms with van der Waals surface area (Å²) in [5, 5.41) is 2.23. The van der Waals surface area contributed by atoms with Crippen LogP contribution in [0.25, 0.3) is 21.8 Å². The third-order valence-electron chi connectivity index (χ3n) is 5.50.